The van der Waals surface area contributed by atoms with E-state index >= 15 is 0 Å². The van der Waals surface area contributed by atoms with Gasteiger partial charge in [0.2, 0.25) is 0 Å². The van der Waals surface area contributed by atoms with E-state index in [9.17, 15) is 4.79 Å². The van der Waals surface area contributed by atoms with E-state index in [1.165, 1.54) is 5.56 Å². The molecule has 0 saturated carbocycles. The highest BCUT2D eigenvalue weighted by atomic mass is 35.5. The van der Waals surface area contributed by atoms with Crippen LogP contribution in [0.1, 0.15) is 29.3 Å². The second-order valence-electron chi connectivity index (χ2n) is 7.62. The first-order chi connectivity index (χ1) is 14.5. The number of amides is 1. The lowest BCUT2D eigenvalue weighted by Gasteiger charge is -2.23. The molecule has 1 aromatic heterocycles. The van der Waals surface area contributed by atoms with Crippen LogP contribution in [0, 0.1) is 0 Å². The van der Waals surface area contributed by atoms with E-state index in [2.05, 4.69) is 24.0 Å². The Kier molecular flexibility index (Phi) is 7.75. The van der Waals surface area contributed by atoms with Gasteiger partial charge in [0.05, 0.1) is 10.2 Å². The molecule has 0 fully saturated rings. The van der Waals surface area contributed by atoms with Gasteiger partial charge in [-0.2, -0.15) is 0 Å². The Balaban J connectivity index is 0.00000272. The third-order valence-corrected chi connectivity index (χ3v) is 6.14. The molecule has 0 aliphatic carbocycles. The first-order valence-corrected chi connectivity index (χ1v) is 11.1. The van der Waals surface area contributed by atoms with Crippen molar-refractivity contribution in [2.24, 2.45) is 0 Å². The Bertz CT molecular complexity index is 1050. The summed E-state index contributed by atoms with van der Waals surface area (Å²) in [5.41, 5.74) is 2.78. The molecule has 8 heteroatoms. The maximum atomic E-state index is 13.5. The zero-order chi connectivity index (χ0) is 21.1. The number of aryl methyl sites for hydroxylation is 1. The van der Waals surface area contributed by atoms with Crippen molar-refractivity contribution in [3.63, 3.8) is 0 Å². The van der Waals surface area contributed by atoms with Gasteiger partial charge in [-0.05, 0) is 69.4 Å². The topological polar surface area (TPSA) is 54.9 Å². The summed E-state index contributed by atoms with van der Waals surface area (Å²) in [4.78, 5) is 22.2. The zero-order valence-corrected chi connectivity index (χ0v) is 19.7. The lowest BCUT2D eigenvalue weighted by atomic mass is 10.1. The fourth-order valence-corrected chi connectivity index (χ4v) is 4.51. The number of halogens is 1. The van der Waals surface area contributed by atoms with Gasteiger partial charge < -0.3 is 14.4 Å². The van der Waals surface area contributed by atoms with Crippen molar-refractivity contribution < 1.29 is 14.3 Å². The Hall–Kier alpha value is -2.35. The molecule has 0 saturated heterocycles. The number of fused-ring (bicyclic) bond motifs is 2. The number of hydrogen-bond acceptors (Lipinski definition) is 6. The first-order valence-electron chi connectivity index (χ1n) is 10.3. The van der Waals surface area contributed by atoms with Gasteiger partial charge in [0, 0.05) is 12.1 Å². The summed E-state index contributed by atoms with van der Waals surface area (Å²) in [6.45, 7) is 4.67. The fourth-order valence-electron chi connectivity index (χ4n) is 3.45. The van der Waals surface area contributed by atoms with Gasteiger partial charge in [-0.25, -0.2) is 4.98 Å². The maximum Gasteiger partial charge on any atom is 0.260 e. The number of anilines is 1. The Morgan fingerprint density at radius 1 is 1.06 bits per heavy atom. The average molecular weight is 462 g/mol. The lowest BCUT2D eigenvalue weighted by molar-refractivity contribution is 0.0984. The monoisotopic (exact) mass is 461 g/mol. The number of nitrogens with zero attached hydrogens (tertiary/aromatic N) is 3. The molecule has 6 nitrogen and oxygen atoms in total. The van der Waals surface area contributed by atoms with Crippen LogP contribution in [-0.2, 0) is 6.42 Å². The number of ether oxygens (including phenoxy) is 2. The summed E-state index contributed by atoms with van der Waals surface area (Å²) >= 11 is 1.57. The van der Waals surface area contributed by atoms with Crippen molar-refractivity contribution in [1.82, 2.24) is 9.88 Å². The number of hydrogen-bond donors (Lipinski definition) is 0. The summed E-state index contributed by atoms with van der Waals surface area (Å²) < 4.78 is 12.4. The van der Waals surface area contributed by atoms with Crippen LogP contribution in [0.5, 0.6) is 11.5 Å². The van der Waals surface area contributed by atoms with E-state index in [0.29, 0.717) is 36.8 Å². The van der Waals surface area contributed by atoms with Crippen molar-refractivity contribution in [3.8, 4) is 11.5 Å². The molecule has 166 valence electrons. The molecule has 2 aromatic carbocycles. The molecular weight excluding hydrogens is 434 g/mol. The number of rotatable bonds is 7. The molecule has 0 bridgehead atoms. The molecule has 0 radical (unpaired) electrons. The van der Waals surface area contributed by atoms with Gasteiger partial charge in [-0.1, -0.05) is 24.3 Å². The molecule has 4 rings (SSSR count). The van der Waals surface area contributed by atoms with E-state index in [1.54, 1.807) is 28.4 Å². The quantitative estimate of drug-likeness (QED) is 0.512. The highest BCUT2D eigenvalue weighted by molar-refractivity contribution is 7.22. The second kappa shape index (κ2) is 10.3. The molecule has 0 atom stereocenters. The maximum absolute atomic E-state index is 13.5. The predicted octanol–water partition coefficient (Wildman–Crippen LogP) is 4.65. The molecule has 2 heterocycles. The molecule has 3 aromatic rings. The average Bonchev–Trinajstić information content (AvgIpc) is 3.18. The van der Waals surface area contributed by atoms with E-state index in [0.717, 1.165) is 34.7 Å². The number of carbonyl (C=O) groups excluding carboxylic acids is 1. The van der Waals surface area contributed by atoms with Gasteiger partial charge in [0.1, 0.15) is 13.2 Å². The SMILES string of the molecule is CCc1ccc2nc(N(CCCN(C)C)C(=O)c3ccc4c(c3)OCCO4)sc2c1.Cl. The minimum Gasteiger partial charge on any atom is -0.486 e. The third-order valence-electron chi connectivity index (χ3n) is 5.10. The number of benzene rings is 2. The standard InChI is InChI=1S/C23H27N3O3S.ClH/c1-4-16-6-8-18-21(14-16)30-23(24-18)26(11-5-10-25(2)3)22(27)17-7-9-19-20(15-17)29-13-12-28-19;/h6-9,14-15H,4-5,10-13H2,1-3H3;1H. The number of thiazole rings is 1. The van der Waals surface area contributed by atoms with Crippen LogP contribution >= 0.6 is 23.7 Å². The molecule has 0 N–H and O–H groups in total. The zero-order valence-electron chi connectivity index (χ0n) is 18.1. The van der Waals surface area contributed by atoms with Crippen molar-refractivity contribution in [2.75, 3.05) is 45.3 Å². The van der Waals surface area contributed by atoms with Crippen molar-refractivity contribution in [3.05, 3.63) is 47.5 Å². The van der Waals surface area contributed by atoms with E-state index in [4.69, 9.17) is 14.5 Å². The van der Waals surface area contributed by atoms with E-state index < -0.39 is 0 Å². The second-order valence-corrected chi connectivity index (χ2v) is 8.63. The van der Waals surface area contributed by atoms with Crippen LogP contribution in [0.15, 0.2) is 36.4 Å². The smallest absolute Gasteiger partial charge is 0.260 e. The summed E-state index contributed by atoms with van der Waals surface area (Å²) in [6.07, 6.45) is 1.84. The normalized spacial score (nSPS) is 12.6. The summed E-state index contributed by atoms with van der Waals surface area (Å²) in [5.74, 6) is 1.24. The van der Waals surface area contributed by atoms with Crippen molar-refractivity contribution >= 4 is 45.0 Å². The first kappa shape index (κ1) is 23.3. The summed E-state index contributed by atoms with van der Waals surface area (Å²) in [6, 6.07) is 11.7. The summed E-state index contributed by atoms with van der Waals surface area (Å²) in [5, 5.41) is 0.733. The molecule has 31 heavy (non-hydrogen) atoms. The molecular formula is C23H28ClN3O3S. The minimum absolute atomic E-state index is 0. The van der Waals surface area contributed by atoms with Gasteiger partial charge in [-0.15, -0.1) is 12.4 Å². The highest BCUT2D eigenvalue weighted by Crippen LogP contribution is 2.34. The van der Waals surface area contributed by atoms with Crippen LogP contribution in [0.3, 0.4) is 0 Å². The van der Waals surface area contributed by atoms with Crippen LogP contribution in [0.2, 0.25) is 0 Å². The third kappa shape index (κ3) is 5.29. The Labute approximate surface area is 193 Å². The lowest BCUT2D eigenvalue weighted by Crippen LogP contribution is -2.33. The summed E-state index contributed by atoms with van der Waals surface area (Å²) in [7, 11) is 4.08. The van der Waals surface area contributed by atoms with Crippen LogP contribution in [0.25, 0.3) is 10.2 Å². The Morgan fingerprint density at radius 2 is 1.84 bits per heavy atom. The van der Waals surface area contributed by atoms with Gasteiger partial charge in [-0.3, -0.25) is 9.69 Å². The van der Waals surface area contributed by atoms with E-state index in [-0.39, 0.29) is 18.3 Å². The molecule has 1 aliphatic heterocycles. The van der Waals surface area contributed by atoms with Gasteiger partial charge in [0.25, 0.3) is 5.91 Å². The number of carbonyl (C=O) groups is 1. The van der Waals surface area contributed by atoms with Gasteiger partial charge >= 0.3 is 0 Å². The Morgan fingerprint density at radius 3 is 2.58 bits per heavy atom. The van der Waals surface area contributed by atoms with Gasteiger partial charge in [0.15, 0.2) is 16.6 Å². The molecule has 0 unspecified atom stereocenters. The van der Waals surface area contributed by atoms with Crippen molar-refractivity contribution in [1.29, 1.82) is 0 Å². The van der Waals surface area contributed by atoms with Crippen LogP contribution in [-0.4, -0.2) is 56.2 Å². The highest BCUT2D eigenvalue weighted by Gasteiger charge is 2.23. The molecule has 1 aliphatic rings. The van der Waals surface area contributed by atoms with E-state index in [1.807, 2.05) is 26.2 Å². The molecule has 1 amide bonds. The fraction of sp³-hybridized carbons (Fsp3) is 0.391. The largest absolute Gasteiger partial charge is 0.486 e. The number of aromatic nitrogens is 1. The minimum atomic E-state index is -0.0690. The van der Waals surface area contributed by atoms with Crippen LogP contribution in [0.4, 0.5) is 5.13 Å². The van der Waals surface area contributed by atoms with Crippen molar-refractivity contribution in [2.45, 2.75) is 19.8 Å². The molecule has 0 spiro atoms. The van der Waals surface area contributed by atoms with Crippen LogP contribution < -0.4 is 14.4 Å². The predicted molar refractivity (Wildman–Crippen MR) is 129 cm³/mol.